The number of nitrogens with one attached hydrogen (secondary N) is 1. The molecule has 1 saturated carbocycles. The predicted octanol–water partition coefficient (Wildman–Crippen LogP) is 2.72. The number of ether oxygens (including phenoxy) is 1. The van der Waals surface area contributed by atoms with E-state index in [1.54, 1.807) is 0 Å². The van der Waals surface area contributed by atoms with Crippen molar-refractivity contribution in [1.82, 2.24) is 10.3 Å². The van der Waals surface area contributed by atoms with Crippen LogP contribution in [0.2, 0.25) is 0 Å². The topological polar surface area (TPSA) is 54.5 Å². The van der Waals surface area contributed by atoms with Crippen LogP contribution in [0.25, 0.3) is 0 Å². The molecule has 1 aromatic rings. The van der Waals surface area contributed by atoms with Gasteiger partial charge in [0.1, 0.15) is 11.6 Å². The van der Waals surface area contributed by atoms with Crippen molar-refractivity contribution >= 4 is 11.7 Å². The van der Waals surface area contributed by atoms with Gasteiger partial charge in [0.25, 0.3) is 0 Å². The standard InChI is InChI=1S/C16H20F3N3O2/c17-16(18,19)24-13-5-6-14(20-9-13)22-7-1-2-12(10-22)15(23)21-8-11-3-4-11/h5-6,9,11-12H,1-4,7-8,10H2,(H,21,23). The minimum absolute atomic E-state index is 0.0589. The van der Waals surface area contributed by atoms with Gasteiger partial charge in [-0.15, -0.1) is 13.2 Å². The van der Waals surface area contributed by atoms with Gasteiger partial charge in [0, 0.05) is 19.6 Å². The van der Waals surface area contributed by atoms with Gasteiger partial charge in [-0.3, -0.25) is 4.79 Å². The smallest absolute Gasteiger partial charge is 0.404 e. The number of alkyl halides is 3. The van der Waals surface area contributed by atoms with E-state index in [0.717, 1.165) is 32.1 Å². The van der Waals surface area contributed by atoms with Gasteiger partial charge in [-0.2, -0.15) is 0 Å². The fraction of sp³-hybridized carbons (Fsp3) is 0.625. The summed E-state index contributed by atoms with van der Waals surface area (Å²) in [6.07, 6.45) is 0.381. The fourth-order valence-corrected chi connectivity index (χ4v) is 2.86. The monoisotopic (exact) mass is 343 g/mol. The number of aromatic nitrogens is 1. The summed E-state index contributed by atoms with van der Waals surface area (Å²) in [5, 5.41) is 2.99. The highest BCUT2D eigenvalue weighted by Gasteiger charge is 2.32. The van der Waals surface area contributed by atoms with E-state index in [2.05, 4.69) is 15.0 Å². The number of halogens is 3. The Hall–Kier alpha value is -1.99. The average Bonchev–Trinajstić information content (AvgIpc) is 3.36. The number of piperidine rings is 1. The van der Waals surface area contributed by atoms with Crippen LogP contribution in [-0.2, 0) is 4.79 Å². The van der Waals surface area contributed by atoms with Crippen molar-refractivity contribution in [1.29, 1.82) is 0 Å². The van der Waals surface area contributed by atoms with Gasteiger partial charge in [0.2, 0.25) is 5.91 Å². The summed E-state index contributed by atoms with van der Waals surface area (Å²) in [4.78, 5) is 18.2. The lowest BCUT2D eigenvalue weighted by Gasteiger charge is -2.33. The molecule has 24 heavy (non-hydrogen) atoms. The molecule has 1 aliphatic heterocycles. The Balaban J connectivity index is 1.56. The first-order valence-corrected chi connectivity index (χ1v) is 8.15. The maximum absolute atomic E-state index is 12.2. The van der Waals surface area contributed by atoms with Crippen molar-refractivity contribution in [2.75, 3.05) is 24.5 Å². The molecule has 1 atom stereocenters. The molecular formula is C16H20F3N3O2. The van der Waals surface area contributed by atoms with Crippen molar-refractivity contribution in [3.63, 3.8) is 0 Å². The summed E-state index contributed by atoms with van der Waals surface area (Å²) in [5.41, 5.74) is 0. The molecule has 0 spiro atoms. The van der Waals surface area contributed by atoms with Gasteiger partial charge in [-0.1, -0.05) is 0 Å². The zero-order chi connectivity index (χ0) is 17.2. The number of hydrogen-bond donors (Lipinski definition) is 1. The Labute approximate surface area is 138 Å². The highest BCUT2D eigenvalue weighted by molar-refractivity contribution is 5.79. The Bertz CT molecular complexity index is 573. The lowest BCUT2D eigenvalue weighted by Crippen LogP contribution is -2.43. The average molecular weight is 343 g/mol. The van der Waals surface area contributed by atoms with E-state index < -0.39 is 6.36 Å². The lowest BCUT2D eigenvalue weighted by atomic mass is 9.97. The SMILES string of the molecule is O=C(NCC1CC1)C1CCCN(c2ccc(OC(F)(F)F)cn2)C1. The van der Waals surface area contributed by atoms with Crippen LogP contribution in [0.3, 0.4) is 0 Å². The number of amides is 1. The number of hydrogen-bond acceptors (Lipinski definition) is 4. The van der Waals surface area contributed by atoms with E-state index in [0.29, 0.717) is 18.3 Å². The fourth-order valence-electron chi connectivity index (χ4n) is 2.86. The second-order valence-electron chi connectivity index (χ2n) is 6.37. The van der Waals surface area contributed by atoms with E-state index >= 15 is 0 Å². The molecule has 2 fully saturated rings. The largest absolute Gasteiger partial charge is 0.573 e. The van der Waals surface area contributed by atoms with Crippen molar-refractivity contribution in [3.05, 3.63) is 18.3 Å². The molecule has 1 N–H and O–H groups in total. The highest BCUT2D eigenvalue weighted by Crippen LogP contribution is 2.28. The van der Waals surface area contributed by atoms with Crippen LogP contribution >= 0.6 is 0 Å². The molecule has 8 heteroatoms. The molecule has 2 aliphatic rings. The first kappa shape index (κ1) is 16.9. The van der Waals surface area contributed by atoms with Crippen molar-refractivity contribution in [2.24, 2.45) is 11.8 Å². The molecule has 0 bridgehead atoms. The van der Waals surface area contributed by atoms with E-state index in [1.165, 1.54) is 25.0 Å². The third-order valence-electron chi connectivity index (χ3n) is 4.33. The van der Waals surface area contributed by atoms with Gasteiger partial charge >= 0.3 is 6.36 Å². The van der Waals surface area contributed by atoms with Crippen LogP contribution < -0.4 is 15.0 Å². The summed E-state index contributed by atoms with van der Waals surface area (Å²) in [6, 6.07) is 2.73. The molecule has 1 aromatic heterocycles. The minimum atomic E-state index is -4.72. The van der Waals surface area contributed by atoms with E-state index in [9.17, 15) is 18.0 Å². The number of nitrogens with zero attached hydrogens (tertiary/aromatic N) is 2. The van der Waals surface area contributed by atoms with E-state index in [-0.39, 0.29) is 17.6 Å². The zero-order valence-electron chi connectivity index (χ0n) is 13.2. The third-order valence-corrected chi connectivity index (χ3v) is 4.33. The maximum Gasteiger partial charge on any atom is 0.573 e. The van der Waals surface area contributed by atoms with Crippen LogP contribution in [0.4, 0.5) is 19.0 Å². The summed E-state index contributed by atoms with van der Waals surface area (Å²) in [6.45, 7) is 2.01. The molecule has 1 saturated heterocycles. The molecule has 2 heterocycles. The number of carbonyl (C=O) groups is 1. The van der Waals surface area contributed by atoms with Crippen molar-refractivity contribution in [2.45, 2.75) is 32.0 Å². The Morgan fingerprint density at radius 2 is 2.12 bits per heavy atom. The number of rotatable bonds is 5. The maximum atomic E-state index is 12.2. The van der Waals surface area contributed by atoms with Crippen LogP contribution in [0.15, 0.2) is 18.3 Å². The summed E-state index contributed by atoms with van der Waals surface area (Å²) in [7, 11) is 0. The first-order chi connectivity index (χ1) is 11.4. The van der Waals surface area contributed by atoms with Crippen molar-refractivity contribution in [3.8, 4) is 5.75 Å². The summed E-state index contributed by atoms with van der Waals surface area (Å²) in [5.74, 6) is 0.803. The molecule has 3 rings (SSSR count). The van der Waals surface area contributed by atoms with Gasteiger partial charge in [0.05, 0.1) is 12.1 Å². The molecular weight excluding hydrogens is 323 g/mol. The second-order valence-corrected chi connectivity index (χ2v) is 6.37. The predicted molar refractivity (Wildman–Crippen MR) is 81.6 cm³/mol. The summed E-state index contributed by atoms with van der Waals surface area (Å²) < 4.78 is 40.3. The lowest BCUT2D eigenvalue weighted by molar-refractivity contribution is -0.274. The first-order valence-electron chi connectivity index (χ1n) is 8.15. The Morgan fingerprint density at radius 1 is 1.33 bits per heavy atom. The molecule has 1 aliphatic carbocycles. The zero-order valence-corrected chi connectivity index (χ0v) is 13.2. The number of pyridine rings is 1. The van der Waals surface area contributed by atoms with Gasteiger partial charge in [0.15, 0.2) is 0 Å². The highest BCUT2D eigenvalue weighted by atomic mass is 19.4. The summed E-state index contributed by atoms with van der Waals surface area (Å²) >= 11 is 0. The normalized spacial score (nSPS) is 21.5. The number of anilines is 1. The molecule has 1 amide bonds. The minimum Gasteiger partial charge on any atom is -0.404 e. The van der Waals surface area contributed by atoms with Crippen LogP contribution in [-0.4, -0.2) is 36.9 Å². The molecule has 0 radical (unpaired) electrons. The van der Waals surface area contributed by atoms with Crippen LogP contribution in [0, 0.1) is 11.8 Å². The Morgan fingerprint density at radius 3 is 2.75 bits per heavy atom. The molecule has 5 nitrogen and oxygen atoms in total. The Kier molecular flexibility index (Phi) is 4.82. The molecule has 132 valence electrons. The van der Waals surface area contributed by atoms with Gasteiger partial charge in [-0.25, -0.2) is 4.98 Å². The van der Waals surface area contributed by atoms with Gasteiger partial charge in [-0.05, 0) is 43.7 Å². The second kappa shape index (κ2) is 6.86. The van der Waals surface area contributed by atoms with Crippen LogP contribution in [0.5, 0.6) is 5.75 Å². The molecule has 1 unspecified atom stereocenters. The quantitative estimate of drug-likeness (QED) is 0.893. The number of carbonyl (C=O) groups excluding carboxylic acids is 1. The van der Waals surface area contributed by atoms with Crippen molar-refractivity contribution < 1.29 is 22.7 Å². The van der Waals surface area contributed by atoms with E-state index in [1.807, 2.05) is 4.90 Å². The van der Waals surface area contributed by atoms with E-state index in [4.69, 9.17) is 0 Å². The third kappa shape index (κ3) is 4.75. The molecule has 0 aromatic carbocycles. The van der Waals surface area contributed by atoms with Gasteiger partial charge < -0.3 is 15.0 Å². The van der Waals surface area contributed by atoms with Crippen LogP contribution in [0.1, 0.15) is 25.7 Å².